The van der Waals surface area contributed by atoms with E-state index in [4.69, 9.17) is 4.74 Å². The average molecular weight is 327 g/mol. The molecule has 1 aliphatic rings. The fraction of sp³-hybridized carbons (Fsp3) is 0.500. The first-order valence-corrected chi connectivity index (χ1v) is 7.39. The zero-order chi connectivity index (χ0) is 13.7. The van der Waals surface area contributed by atoms with Gasteiger partial charge in [-0.1, -0.05) is 35.2 Å². The number of hydrogen-bond donors (Lipinski definition) is 2. The van der Waals surface area contributed by atoms with Crippen LogP contribution in [0.5, 0.6) is 5.75 Å². The third-order valence-corrected chi connectivity index (χ3v) is 3.84. The molecule has 5 heteroatoms. The van der Waals surface area contributed by atoms with Crippen LogP contribution in [-0.2, 0) is 0 Å². The Morgan fingerprint density at radius 3 is 2.74 bits per heavy atom. The number of halogens is 1. The van der Waals surface area contributed by atoms with Crippen molar-refractivity contribution in [3.8, 4) is 5.75 Å². The third-order valence-electron chi connectivity index (χ3n) is 3.35. The van der Waals surface area contributed by atoms with Crippen molar-refractivity contribution in [2.75, 3.05) is 12.4 Å². The van der Waals surface area contributed by atoms with Gasteiger partial charge in [0.15, 0.2) is 0 Å². The number of anilines is 1. The van der Waals surface area contributed by atoms with Crippen molar-refractivity contribution in [2.45, 2.75) is 38.1 Å². The topological polar surface area (TPSA) is 50.4 Å². The number of carbonyl (C=O) groups is 1. The van der Waals surface area contributed by atoms with Gasteiger partial charge in [-0.2, -0.15) is 0 Å². The van der Waals surface area contributed by atoms with Crippen molar-refractivity contribution in [2.24, 2.45) is 0 Å². The maximum atomic E-state index is 12.0. The van der Waals surface area contributed by atoms with Crippen LogP contribution >= 0.6 is 15.9 Å². The van der Waals surface area contributed by atoms with Gasteiger partial charge in [-0.05, 0) is 31.0 Å². The van der Waals surface area contributed by atoms with Crippen LogP contribution in [0.2, 0.25) is 0 Å². The van der Waals surface area contributed by atoms with Gasteiger partial charge in [-0.15, -0.1) is 0 Å². The molecule has 1 saturated carbocycles. The Bertz CT molecular complexity index is 445. The van der Waals surface area contributed by atoms with E-state index in [0.717, 1.165) is 17.3 Å². The van der Waals surface area contributed by atoms with Gasteiger partial charge in [0.05, 0.1) is 12.8 Å². The highest BCUT2D eigenvalue weighted by atomic mass is 79.9. The quantitative estimate of drug-likeness (QED) is 0.884. The summed E-state index contributed by atoms with van der Waals surface area (Å²) in [6.07, 6.45) is 5.82. The highest BCUT2D eigenvalue weighted by molar-refractivity contribution is 9.10. The number of ether oxygens (including phenoxy) is 1. The van der Waals surface area contributed by atoms with E-state index in [-0.39, 0.29) is 6.03 Å². The van der Waals surface area contributed by atoms with E-state index < -0.39 is 0 Å². The standard InChI is InChI=1S/C14H19BrN2O2/c1-19-13-8-7-10(15)9-12(13)17-14(18)16-11-5-3-2-4-6-11/h7-9,11H,2-6H2,1H3,(H2,16,17,18). The molecule has 0 heterocycles. The molecule has 0 bridgehead atoms. The van der Waals surface area contributed by atoms with E-state index in [1.54, 1.807) is 7.11 Å². The highest BCUT2D eigenvalue weighted by Crippen LogP contribution is 2.28. The van der Waals surface area contributed by atoms with Crippen molar-refractivity contribution in [3.05, 3.63) is 22.7 Å². The largest absolute Gasteiger partial charge is 0.495 e. The lowest BCUT2D eigenvalue weighted by Gasteiger charge is -2.23. The molecule has 2 N–H and O–H groups in total. The first-order valence-electron chi connectivity index (χ1n) is 6.60. The van der Waals surface area contributed by atoms with E-state index >= 15 is 0 Å². The minimum Gasteiger partial charge on any atom is -0.495 e. The summed E-state index contributed by atoms with van der Waals surface area (Å²) in [6, 6.07) is 5.66. The third kappa shape index (κ3) is 4.13. The SMILES string of the molecule is COc1ccc(Br)cc1NC(=O)NC1CCCCC1. The molecule has 0 spiro atoms. The Balaban J connectivity index is 1.95. The fourth-order valence-corrected chi connectivity index (χ4v) is 2.73. The maximum absolute atomic E-state index is 12.0. The monoisotopic (exact) mass is 326 g/mol. The van der Waals surface area contributed by atoms with E-state index in [1.165, 1.54) is 19.3 Å². The summed E-state index contributed by atoms with van der Waals surface area (Å²) in [6.45, 7) is 0. The van der Waals surface area contributed by atoms with E-state index in [1.807, 2.05) is 18.2 Å². The van der Waals surface area contributed by atoms with Crippen molar-refractivity contribution in [3.63, 3.8) is 0 Å². The molecule has 2 rings (SSSR count). The van der Waals surface area contributed by atoms with Crippen LogP contribution in [0.25, 0.3) is 0 Å². The normalized spacial score (nSPS) is 15.9. The van der Waals surface area contributed by atoms with Crippen LogP contribution in [-0.4, -0.2) is 19.2 Å². The van der Waals surface area contributed by atoms with Gasteiger partial charge < -0.3 is 15.4 Å². The van der Waals surface area contributed by atoms with Gasteiger partial charge in [-0.3, -0.25) is 0 Å². The number of rotatable bonds is 3. The smallest absolute Gasteiger partial charge is 0.319 e. The summed E-state index contributed by atoms with van der Waals surface area (Å²) >= 11 is 3.39. The fourth-order valence-electron chi connectivity index (χ4n) is 2.37. The molecule has 0 atom stereocenters. The molecule has 1 aliphatic carbocycles. The van der Waals surface area contributed by atoms with Crippen LogP contribution in [0.15, 0.2) is 22.7 Å². The number of urea groups is 1. The van der Waals surface area contributed by atoms with Crippen molar-refractivity contribution < 1.29 is 9.53 Å². The van der Waals surface area contributed by atoms with Crippen LogP contribution in [0.4, 0.5) is 10.5 Å². The number of nitrogens with one attached hydrogen (secondary N) is 2. The van der Waals surface area contributed by atoms with Gasteiger partial charge in [0.25, 0.3) is 0 Å². The Labute approximate surface area is 122 Å². The summed E-state index contributed by atoms with van der Waals surface area (Å²) in [5.74, 6) is 0.655. The number of hydrogen-bond acceptors (Lipinski definition) is 2. The maximum Gasteiger partial charge on any atom is 0.319 e. The summed E-state index contributed by atoms with van der Waals surface area (Å²) in [7, 11) is 1.59. The Kier molecular flexibility index (Phi) is 5.07. The summed E-state index contributed by atoms with van der Waals surface area (Å²) in [4.78, 5) is 12.0. The molecule has 19 heavy (non-hydrogen) atoms. The molecule has 2 amide bonds. The molecule has 0 aliphatic heterocycles. The van der Waals surface area contributed by atoms with Gasteiger partial charge in [0.1, 0.15) is 5.75 Å². The van der Waals surface area contributed by atoms with Crippen LogP contribution in [0, 0.1) is 0 Å². The molecule has 0 unspecified atom stereocenters. The first-order chi connectivity index (χ1) is 9.19. The number of amides is 2. The van der Waals surface area contributed by atoms with Crippen molar-refractivity contribution >= 4 is 27.6 Å². The van der Waals surface area contributed by atoms with E-state index in [0.29, 0.717) is 17.5 Å². The number of methoxy groups -OCH3 is 1. The lowest BCUT2D eigenvalue weighted by Crippen LogP contribution is -2.39. The highest BCUT2D eigenvalue weighted by Gasteiger charge is 2.16. The zero-order valence-corrected chi connectivity index (χ0v) is 12.6. The van der Waals surface area contributed by atoms with Gasteiger partial charge in [-0.25, -0.2) is 4.79 Å². The van der Waals surface area contributed by atoms with E-state index in [2.05, 4.69) is 26.6 Å². The molecule has 1 aromatic rings. The summed E-state index contributed by atoms with van der Waals surface area (Å²) < 4.78 is 6.13. The van der Waals surface area contributed by atoms with Crippen LogP contribution in [0.1, 0.15) is 32.1 Å². The zero-order valence-electron chi connectivity index (χ0n) is 11.0. The molecule has 4 nitrogen and oxygen atoms in total. The minimum absolute atomic E-state index is 0.164. The molecule has 104 valence electrons. The molecular weight excluding hydrogens is 308 g/mol. The van der Waals surface area contributed by atoms with Gasteiger partial charge in [0, 0.05) is 10.5 Å². The van der Waals surface area contributed by atoms with Crippen molar-refractivity contribution in [1.29, 1.82) is 0 Å². The second kappa shape index (κ2) is 6.80. The van der Waals surface area contributed by atoms with Crippen LogP contribution < -0.4 is 15.4 Å². The molecule has 1 fully saturated rings. The number of benzene rings is 1. The lowest BCUT2D eigenvalue weighted by molar-refractivity contribution is 0.244. The Morgan fingerprint density at radius 2 is 2.05 bits per heavy atom. The number of carbonyl (C=O) groups excluding carboxylic acids is 1. The molecule has 0 aromatic heterocycles. The minimum atomic E-state index is -0.164. The summed E-state index contributed by atoms with van der Waals surface area (Å²) in [5.41, 5.74) is 0.671. The molecule has 0 saturated heterocycles. The predicted octanol–water partition coefficient (Wildman–Crippen LogP) is 3.91. The van der Waals surface area contributed by atoms with Gasteiger partial charge >= 0.3 is 6.03 Å². The summed E-state index contributed by atoms with van der Waals surface area (Å²) in [5, 5.41) is 5.86. The lowest BCUT2D eigenvalue weighted by atomic mass is 9.96. The molecular formula is C14H19BrN2O2. The van der Waals surface area contributed by atoms with E-state index in [9.17, 15) is 4.79 Å². The second-order valence-electron chi connectivity index (χ2n) is 4.78. The molecule has 1 aromatic carbocycles. The van der Waals surface area contributed by atoms with Gasteiger partial charge in [0.2, 0.25) is 0 Å². The Morgan fingerprint density at radius 1 is 1.32 bits per heavy atom. The average Bonchev–Trinajstić information content (AvgIpc) is 2.40. The Hall–Kier alpha value is -1.23. The predicted molar refractivity (Wildman–Crippen MR) is 79.7 cm³/mol. The second-order valence-corrected chi connectivity index (χ2v) is 5.69. The first kappa shape index (κ1) is 14.2. The van der Waals surface area contributed by atoms with Crippen molar-refractivity contribution in [1.82, 2.24) is 5.32 Å². The van der Waals surface area contributed by atoms with Crippen LogP contribution in [0.3, 0.4) is 0 Å². The molecule has 0 radical (unpaired) electrons.